The van der Waals surface area contributed by atoms with Crippen LogP contribution >= 0.6 is 11.9 Å². The van der Waals surface area contributed by atoms with Crippen LogP contribution in [-0.4, -0.2) is 27.9 Å². The van der Waals surface area contributed by atoms with Crippen molar-refractivity contribution in [3.05, 3.63) is 71.9 Å². The van der Waals surface area contributed by atoms with E-state index < -0.39 is 6.10 Å². The summed E-state index contributed by atoms with van der Waals surface area (Å²) in [6.45, 7) is 2.71. The van der Waals surface area contributed by atoms with Gasteiger partial charge in [0.25, 0.3) is 0 Å². The molecular formula is C21H23N5O2S. The van der Waals surface area contributed by atoms with E-state index in [0.29, 0.717) is 18.3 Å². The fraction of sp³-hybridized carbons (Fsp3) is 0.190. The Morgan fingerprint density at radius 1 is 1.24 bits per heavy atom. The van der Waals surface area contributed by atoms with Gasteiger partial charge in [0, 0.05) is 29.9 Å². The Balaban J connectivity index is 0.000000755. The minimum Gasteiger partial charge on any atom is -0.387 e. The van der Waals surface area contributed by atoms with Crippen molar-refractivity contribution in [2.45, 2.75) is 24.5 Å². The van der Waals surface area contributed by atoms with E-state index in [0.717, 1.165) is 24.1 Å². The molecule has 0 radical (unpaired) electrons. The Morgan fingerprint density at radius 3 is 2.83 bits per heavy atom. The average molecular weight is 410 g/mol. The van der Waals surface area contributed by atoms with Gasteiger partial charge in [-0.2, -0.15) is 4.98 Å². The average Bonchev–Trinajstić information content (AvgIpc) is 3.21. The van der Waals surface area contributed by atoms with E-state index in [1.54, 1.807) is 24.2 Å². The maximum atomic E-state index is 10.2. The third kappa shape index (κ3) is 6.02. The Kier molecular flexibility index (Phi) is 7.57. The monoisotopic (exact) mass is 409 g/mol. The highest BCUT2D eigenvalue weighted by Crippen LogP contribution is 2.30. The van der Waals surface area contributed by atoms with Crippen LogP contribution in [0.4, 0.5) is 17.5 Å². The molecular weight excluding hydrogens is 386 g/mol. The van der Waals surface area contributed by atoms with Crippen molar-refractivity contribution < 1.29 is 9.90 Å². The molecule has 1 atom stereocenters. The van der Waals surface area contributed by atoms with Crippen LogP contribution in [0.2, 0.25) is 0 Å². The second-order valence-corrected chi connectivity index (χ2v) is 7.11. The summed E-state index contributed by atoms with van der Waals surface area (Å²) in [6, 6.07) is 17.6. The Labute approximate surface area is 174 Å². The molecule has 4 N–H and O–H groups in total. The first kappa shape index (κ1) is 20.8. The van der Waals surface area contributed by atoms with Crippen molar-refractivity contribution in [1.29, 1.82) is 0 Å². The number of fused-ring (bicyclic) bond motifs is 1. The number of carbonyl (C=O) groups excluding carboxylic acids is 1. The summed E-state index contributed by atoms with van der Waals surface area (Å²) in [5, 5.41) is 16.6. The lowest BCUT2D eigenvalue weighted by atomic mass is 10.1. The minimum atomic E-state index is -0.594. The highest BCUT2D eigenvalue weighted by molar-refractivity contribution is 7.97. The lowest BCUT2D eigenvalue weighted by Crippen LogP contribution is -2.13. The molecule has 2 heterocycles. The van der Waals surface area contributed by atoms with Crippen LogP contribution in [0, 0.1) is 0 Å². The van der Waals surface area contributed by atoms with Crippen molar-refractivity contribution in [3.63, 3.8) is 0 Å². The summed E-state index contributed by atoms with van der Waals surface area (Å²) in [5.74, 6) is 1.18. The number of aliphatic hydroxyl groups is 1. The molecule has 3 aromatic rings. The first-order chi connectivity index (χ1) is 14.2. The number of anilines is 3. The molecule has 0 spiro atoms. The van der Waals surface area contributed by atoms with Crippen molar-refractivity contribution >= 4 is 35.7 Å². The Bertz CT molecular complexity index is 939. The van der Waals surface area contributed by atoms with E-state index in [-0.39, 0.29) is 0 Å². The molecule has 4 rings (SSSR count). The van der Waals surface area contributed by atoms with Crippen LogP contribution < -0.4 is 15.4 Å². The summed E-state index contributed by atoms with van der Waals surface area (Å²) in [7, 11) is 0. The number of aliphatic hydroxyl groups excluding tert-OH is 1. The molecule has 29 heavy (non-hydrogen) atoms. The third-order valence-electron chi connectivity index (χ3n) is 4.08. The van der Waals surface area contributed by atoms with Gasteiger partial charge in [0.05, 0.1) is 6.10 Å². The molecule has 7 nitrogen and oxygen atoms in total. The fourth-order valence-corrected chi connectivity index (χ4v) is 3.55. The molecule has 2 aromatic carbocycles. The van der Waals surface area contributed by atoms with Crippen LogP contribution in [0.5, 0.6) is 0 Å². The molecule has 0 saturated carbocycles. The maximum Gasteiger partial charge on any atom is 0.229 e. The van der Waals surface area contributed by atoms with Crippen molar-refractivity contribution in [2.24, 2.45) is 0 Å². The summed E-state index contributed by atoms with van der Waals surface area (Å²) < 4.78 is 3.25. The number of aldehydes is 1. The van der Waals surface area contributed by atoms with E-state index >= 15 is 0 Å². The van der Waals surface area contributed by atoms with Gasteiger partial charge in [-0.1, -0.05) is 36.4 Å². The van der Waals surface area contributed by atoms with Crippen LogP contribution in [-0.2, 0) is 11.3 Å². The lowest BCUT2D eigenvalue weighted by Gasteiger charge is -2.13. The molecule has 1 aliphatic rings. The molecule has 1 unspecified atom stereocenters. The van der Waals surface area contributed by atoms with E-state index in [1.165, 1.54) is 17.4 Å². The lowest BCUT2D eigenvalue weighted by molar-refractivity contribution is -0.106. The molecule has 150 valence electrons. The maximum absolute atomic E-state index is 10.2. The normalized spacial score (nSPS) is 12.9. The standard InChI is InChI=1S/C19H19N5OS.C2H4O/c25-16(13-4-2-1-3-5-13)12-21-18-8-9-20-19(24-18)23-15-7-6-14-11-22-26-17(14)10-15;1-2-3/h1-10,16,22,25H,11-12H2,(H2,20,21,23,24);2H,1H3. The number of nitrogens with one attached hydrogen (secondary N) is 3. The van der Waals surface area contributed by atoms with Gasteiger partial charge < -0.3 is 20.5 Å². The second kappa shape index (κ2) is 10.6. The number of carbonyl (C=O) groups is 1. The molecule has 0 aliphatic carbocycles. The summed E-state index contributed by atoms with van der Waals surface area (Å²) >= 11 is 1.63. The quantitative estimate of drug-likeness (QED) is 0.361. The first-order valence-electron chi connectivity index (χ1n) is 9.19. The Morgan fingerprint density at radius 2 is 2.03 bits per heavy atom. The SMILES string of the molecule is CC=O.OC(CNc1ccnc(Nc2ccc3c(c2)SNC3)n1)c1ccccc1. The molecule has 0 fully saturated rings. The van der Waals surface area contributed by atoms with Gasteiger partial charge in [-0.05, 0) is 48.2 Å². The van der Waals surface area contributed by atoms with Gasteiger partial charge in [-0.15, -0.1) is 0 Å². The summed E-state index contributed by atoms with van der Waals surface area (Å²) in [6.07, 6.45) is 1.85. The van der Waals surface area contributed by atoms with Gasteiger partial charge in [-0.25, -0.2) is 4.98 Å². The highest BCUT2D eigenvalue weighted by Gasteiger charge is 2.12. The van der Waals surface area contributed by atoms with Gasteiger partial charge in [0.15, 0.2) is 0 Å². The molecule has 0 amide bonds. The number of nitrogens with zero attached hydrogens (tertiary/aromatic N) is 2. The second-order valence-electron chi connectivity index (χ2n) is 6.18. The van der Waals surface area contributed by atoms with Crippen molar-refractivity contribution in [3.8, 4) is 0 Å². The fourth-order valence-electron chi connectivity index (χ4n) is 2.71. The van der Waals surface area contributed by atoms with Gasteiger partial charge in [-0.3, -0.25) is 4.72 Å². The zero-order chi connectivity index (χ0) is 20.5. The van der Waals surface area contributed by atoms with Crippen molar-refractivity contribution in [2.75, 3.05) is 17.2 Å². The van der Waals surface area contributed by atoms with E-state index in [4.69, 9.17) is 4.79 Å². The topological polar surface area (TPSA) is 99.2 Å². The number of aromatic nitrogens is 2. The number of hydrogen-bond acceptors (Lipinski definition) is 8. The number of hydrogen-bond donors (Lipinski definition) is 4. The van der Waals surface area contributed by atoms with Crippen LogP contribution in [0.25, 0.3) is 0 Å². The number of rotatable bonds is 6. The predicted molar refractivity (Wildman–Crippen MR) is 116 cm³/mol. The number of benzene rings is 2. The van der Waals surface area contributed by atoms with Crippen LogP contribution in [0.3, 0.4) is 0 Å². The largest absolute Gasteiger partial charge is 0.387 e. The van der Waals surface area contributed by atoms with Crippen molar-refractivity contribution in [1.82, 2.24) is 14.7 Å². The summed E-state index contributed by atoms with van der Waals surface area (Å²) in [5.41, 5.74) is 3.12. The van der Waals surface area contributed by atoms with Crippen LogP contribution in [0.15, 0.2) is 65.7 Å². The smallest absolute Gasteiger partial charge is 0.229 e. The molecule has 0 saturated heterocycles. The molecule has 0 bridgehead atoms. The molecule has 1 aromatic heterocycles. The third-order valence-corrected chi connectivity index (χ3v) is 4.97. The zero-order valence-corrected chi connectivity index (χ0v) is 16.8. The van der Waals surface area contributed by atoms with Gasteiger partial charge >= 0.3 is 0 Å². The highest BCUT2D eigenvalue weighted by atomic mass is 32.2. The molecule has 1 aliphatic heterocycles. The van der Waals surface area contributed by atoms with E-state index in [1.807, 2.05) is 36.4 Å². The van der Waals surface area contributed by atoms with E-state index in [2.05, 4.69) is 37.5 Å². The Hall–Kier alpha value is -2.94. The predicted octanol–water partition coefficient (Wildman–Crippen LogP) is 3.68. The minimum absolute atomic E-state index is 0.377. The first-order valence-corrected chi connectivity index (χ1v) is 10.0. The summed E-state index contributed by atoms with van der Waals surface area (Å²) in [4.78, 5) is 18.8. The van der Waals surface area contributed by atoms with Gasteiger partial charge in [0.1, 0.15) is 12.1 Å². The van der Waals surface area contributed by atoms with E-state index in [9.17, 15) is 5.11 Å². The van der Waals surface area contributed by atoms with Crippen LogP contribution in [0.1, 0.15) is 24.2 Å². The van der Waals surface area contributed by atoms with Gasteiger partial charge in [0.2, 0.25) is 5.95 Å². The molecule has 8 heteroatoms. The zero-order valence-electron chi connectivity index (χ0n) is 16.0.